The normalized spacial score (nSPS) is 21.1. The van der Waals surface area contributed by atoms with E-state index in [1.165, 1.54) is 6.42 Å². The monoisotopic (exact) mass is 196 g/mol. The first-order valence-electron chi connectivity index (χ1n) is 5.08. The molecule has 1 fully saturated rings. The lowest BCUT2D eigenvalue weighted by Gasteiger charge is -2.28. The van der Waals surface area contributed by atoms with Gasteiger partial charge in [0, 0.05) is 25.5 Å². The molecule has 2 rings (SSSR count). The standard InChI is InChI=1S/C9H16N4O/c14-9(8-13-7-4-10-11-13)12-5-2-1-3-6-12/h4,7,10-11H,1-3,5-6,8H2. The molecule has 0 aromatic rings. The molecule has 14 heavy (non-hydrogen) atoms. The fourth-order valence-electron chi connectivity index (χ4n) is 1.77. The van der Waals surface area contributed by atoms with Crippen molar-refractivity contribution < 1.29 is 4.79 Å². The Morgan fingerprint density at radius 3 is 2.71 bits per heavy atom. The fraction of sp³-hybridized carbons (Fsp3) is 0.667. The molecule has 0 aromatic heterocycles. The molecule has 2 aliphatic rings. The highest BCUT2D eigenvalue weighted by Gasteiger charge is 2.18. The van der Waals surface area contributed by atoms with Crippen LogP contribution in [0.3, 0.4) is 0 Å². The lowest BCUT2D eigenvalue weighted by molar-refractivity contribution is -0.133. The van der Waals surface area contributed by atoms with Crippen molar-refractivity contribution in [2.24, 2.45) is 0 Å². The summed E-state index contributed by atoms with van der Waals surface area (Å²) in [4.78, 5) is 13.7. The largest absolute Gasteiger partial charge is 0.341 e. The Bertz CT molecular complexity index is 235. The van der Waals surface area contributed by atoms with Gasteiger partial charge in [0.2, 0.25) is 5.91 Å². The average molecular weight is 196 g/mol. The molecule has 78 valence electrons. The van der Waals surface area contributed by atoms with Gasteiger partial charge in [-0.15, -0.1) is 5.53 Å². The Labute approximate surface area is 83.7 Å². The Morgan fingerprint density at radius 1 is 1.29 bits per heavy atom. The van der Waals surface area contributed by atoms with Gasteiger partial charge in [-0.1, -0.05) is 0 Å². The van der Waals surface area contributed by atoms with Crippen LogP contribution in [0.15, 0.2) is 12.4 Å². The molecule has 0 aromatic carbocycles. The summed E-state index contributed by atoms with van der Waals surface area (Å²) in [5.41, 5.74) is 5.66. The SMILES string of the molecule is O=C(CN1C=CNN1)N1CCCCC1. The molecule has 0 atom stereocenters. The lowest BCUT2D eigenvalue weighted by Crippen LogP contribution is -2.45. The van der Waals surface area contributed by atoms with E-state index in [0.717, 1.165) is 25.9 Å². The minimum absolute atomic E-state index is 0.200. The summed E-state index contributed by atoms with van der Waals surface area (Å²) < 4.78 is 0. The number of carbonyl (C=O) groups is 1. The molecule has 0 spiro atoms. The number of nitrogens with one attached hydrogen (secondary N) is 2. The predicted octanol–water partition coefficient (Wildman–Crippen LogP) is -0.205. The number of hydrogen-bond acceptors (Lipinski definition) is 4. The third-order valence-corrected chi connectivity index (χ3v) is 2.56. The van der Waals surface area contributed by atoms with Crippen LogP contribution in [-0.2, 0) is 4.79 Å². The van der Waals surface area contributed by atoms with E-state index in [0.29, 0.717) is 6.54 Å². The smallest absolute Gasteiger partial charge is 0.243 e. The van der Waals surface area contributed by atoms with Gasteiger partial charge in [0.1, 0.15) is 6.54 Å². The number of piperidine rings is 1. The van der Waals surface area contributed by atoms with Crippen LogP contribution in [0.4, 0.5) is 0 Å². The number of carbonyl (C=O) groups excluding carboxylic acids is 1. The van der Waals surface area contributed by atoms with Gasteiger partial charge in [-0.3, -0.25) is 9.80 Å². The molecule has 1 saturated heterocycles. The van der Waals surface area contributed by atoms with Crippen molar-refractivity contribution in [1.29, 1.82) is 0 Å². The van der Waals surface area contributed by atoms with Crippen LogP contribution < -0.4 is 11.0 Å². The van der Waals surface area contributed by atoms with Gasteiger partial charge in [0.25, 0.3) is 0 Å². The summed E-state index contributed by atoms with van der Waals surface area (Å²) in [6, 6.07) is 0. The summed E-state index contributed by atoms with van der Waals surface area (Å²) in [5.74, 6) is 0.200. The maximum absolute atomic E-state index is 11.7. The maximum Gasteiger partial charge on any atom is 0.243 e. The highest BCUT2D eigenvalue weighted by molar-refractivity contribution is 5.78. The van der Waals surface area contributed by atoms with E-state index in [-0.39, 0.29) is 5.91 Å². The zero-order valence-electron chi connectivity index (χ0n) is 8.20. The van der Waals surface area contributed by atoms with Gasteiger partial charge < -0.3 is 10.3 Å². The first kappa shape index (κ1) is 9.33. The van der Waals surface area contributed by atoms with E-state index >= 15 is 0 Å². The van der Waals surface area contributed by atoms with Crippen LogP contribution in [0.5, 0.6) is 0 Å². The zero-order valence-corrected chi connectivity index (χ0v) is 8.20. The van der Waals surface area contributed by atoms with Gasteiger partial charge in [-0.05, 0) is 19.3 Å². The van der Waals surface area contributed by atoms with Gasteiger partial charge >= 0.3 is 0 Å². The minimum Gasteiger partial charge on any atom is -0.341 e. The van der Waals surface area contributed by atoms with E-state index in [4.69, 9.17) is 0 Å². The Kier molecular flexibility index (Phi) is 2.88. The molecule has 1 amide bonds. The quantitative estimate of drug-likeness (QED) is 0.642. The van der Waals surface area contributed by atoms with Crippen LogP contribution in [0.25, 0.3) is 0 Å². The first-order chi connectivity index (χ1) is 6.86. The van der Waals surface area contributed by atoms with Crippen molar-refractivity contribution in [3.63, 3.8) is 0 Å². The number of rotatable bonds is 2. The van der Waals surface area contributed by atoms with Gasteiger partial charge in [0.05, 0.1) is 0 Å². The van der Waals surface area contributed by atoms with Crippen LogP contribution in [0, 0.1) is 0 Å². The zero-order chi connectivity index (χ0) is 9.80. The Balaban J connectivity index is 1.78. The third-order valence-electron chi connectivity index (χ3n) is 2.56. The lowest BCUT2D eigenvalue weighted by atomic mass is 10.1. The van der Waals surface area contributed by atoms with Crippen molar-refractivity contribution in [2.45, 2.75) is 19.3 Å². The predicted molar refractivity (Wildman–Crippen MR) is 52.5 cm³/mol. The second-order valence-electron chi connectivity index (χ2n) is 3.64. The molecule has 0 aliphatic carbocycles. The summed E-state index contributed by atoms with van der Waals surface area (Å²) in [7, 11) is 0. The summed E-state index contributed by atoms with van der Waals surface area (Å²) in [6.45, 7) is 2.25. The van der Waals surface area contributed by atoms with Gasteiger partial charge in [-0.2, -0.15) is 0 Å². The minimum atomic E-state index is 0.200. The van der Waals surface area contributed by atoms with Crippen LogP contribution in [0.2, 0.25) is 0 Å². The number of nitrogens with zero attached hydrogens (tertiary/aromatic N) is 2. The molecular formula is C9H16N4O. The molecule has 0 bridgehead atoms. The molecular weight excluding hydrogens is 180 g/mol. The molecule has 5 nitrogen and oxygen atoms in total. The Morgan fingerprint density at radius 2 is 2.07 bits per heavy atom. The van der Waals surface area contributed by atoms with Crippen LogP contribution >= 0.6 is 0 Å². The van der Waals surface area contributed by atoms with Gasteiger partial charge in [-0.25, -0.2) is 0 Å². The molecule has 2 heterocycles. The van der Waals surface area contributed by atoms with Gasteiger partial charge in [0.15, 0.2) is 0 Å². The maximum atomic E-state index is 11.7. The van der Waals surface area contributed by atoms with Crippen LogP contribution in [-0.4, -0.2) is 35.5 Å². The van der Waals surface area contributed by atoms with Crippen molar-refractivity contribution in [2.75, 3.05) is 19.6 Å². The molecule has 0 unspecified atom stereocenters. The molecule has 0 saturated carbocycles. The number of hydrazine groups is 2. The van der Waals surface area contributed by atoms with Crippen molar-refractivity contribution in [3.8, 4) is 0 Å². The number of amides is 1. The summed E-state index contributed by atoms with van der Waals surface area (Å²) >= 11 is 0. The topological polar surface area (TPSA) is 47.6 Å². The molecule has 2 aliphatic heterocycles. The number of likely N-dealkylation sites (tertiary alicyclic amines) is 1. The van der Waals surface area contributed by atoms with E-state index in [9.17, 15) is 4.79 Å². The highest BCUT2D eigenvalue weighted by atomic mass is 16.2. The van der Waals surface area contributed by atoms with E-state index in [2.05, 4.69) is 11.0 Å². The average Bonchev–Trinajstić information content (AvgIpc) is 2.72. The Hall–Kier alpha value is -1.23. The van der Waals surface area contributed by atoms with E-state index in [1.807, 2.05) is 11.1 Å². The van der Waals surface area contributed by atoms with Crippen LogP contribution in [0.1, 0.15) is 19.3 Å². The van der Waals surface area contributed by atoms with Crippen molar-refractivity contribution in [1.82, 2.24) is 20.9 Å². The van der Waals surface area contributed by atoms with Crippen molar-refractivity contribution >= 4 is 5.91 Å². The second kappa shape index (κ2) is 4.32. The first-order valence-corrected chi connectivity index (χ1v) is 5.08. The molecule has 5 heteroatoms. The highest BCUT2D eigenvalue weighted by Crippen LogP contribution is 2.09. The van der Waals surface area contributed by atoms with E-state index in [1.54, 1.807) is 11.2 Å². The molecule has 2 N–H and O–H groups in total. The fourth-order valence-corrected chi connectivity index (χ4v) is 1.77. The third kappa shape index (κ3) is 2.17. The number of hydrogen-bond donors (Lipinski definition) is 2. The summed E-state index contributed by atoms with van der Waals surface area (Å²) in [5, 5.41) is 1.75. The second-order valence-corrected chi connectivity index (χ2v) is 3.64. The van der Waals surface area contributed by atoms with Crippen molar-refractivity contribution in [3.05, 3.63) is 12.4 Å². The molecule has 0 radical (unpaired) electrons. The summed E-state index contributed by atoms with van der Waals surface area (Å²) in [6.07, 6.45) is 7.14. The van der Waals surface area contributed by atoms with E-state index < -0.39 is 0 Å².